The van der Waals surface area contributed by atoms with Crippen LogP contribution in [-0.4, -0.2) is 22.7 Å². The number of pyridine rings is 1. The van der Waals surface area contributed by atoms with Crippen LogP contribution in [0.2, 0.25) is 0 Å². The van der Waals surface area contributed by atoms with Crippen molar-refractivity contribution >= 4 is 31.9 Å². The summed E-state index contributed by atoms with van der Waals surface area (Å²) in [4.78, 5) is 4.37. The molecule has 1 saturated carbocycles. The first-order chi connectivity index (χ1) is 8.20. The van der Waals surface area contributed by atoms with Crippen molar-refractivity contribution in [1.29, 1.82) is 0 Å². The summed E-state index contributed by atoms with van der Waals surface area (Å²) >= 11 is 6.87. The largest absolute Gasteiger partial charge is 0.394 e. The van der Waals surface area contributed by atoms with Crippen LogP contribution in [0.15, 0.2) is 21.2 Å². The number of aliphatic hydroxyl groups excluding tert-OH is 1. The molecule has 2 N–H and O–H groups in total. The fourth-order valence-electron chi connectivity index (χ4n) is 2.28. The van der Waals surface area contributed by atoms with Gasteiger partial charge in [-0.25, -0.2) is 0 Å². The van der Waals surface area contributed by atoms with Gasteiger partial charge in [-0.2, -0.15) is 0 Å². The minimum absolute atomic E-state index is 0.0731. The summed E-state index contributed by atoms with van der Waals surface area (Å²) in [7, 11) is 0. The number of aromatic nitrogens is 1. The fraction of sp³-hybridized carbons (Fsp3) is 0.583. The van der Waals surface area contributed by atoms with E-state index in [0.717, 1.165) is 14.6 Å². The normalized spacial score (nSPS) is 18.5. The summed E-state index contributed by atoms with van der Waals surface area (Å²) in [6.07, 6.45) is 6.73. The predicted molar refractivity (Wildman–Crippen MR) is 74.9 cm³/mol. The summed E-state index contributed by atoms with van der Waals surface area (Å²) in [6, 6.07) is 2.39. The molecule has 1 fully saturated rings. The highest BCUT2D eigenvalue weighted by Gasteiger charge is 2.22. The Morgan fingerprint density at radius 1 is 1.41 bits per heavy atom. The van der Waals surface area contributed by atoms with Crippen LogP contribution in [0.4, 0.5) is 0 Å². The van der Waals surface area contributed by atoms with Gasteiger partial charge in [-0.1, -0.05) is 12.8 Å². The predicted octanol–water partition coefficient (Wildman–Crippen LogP) is 3.17. The molecule has 94 valence electrons. The fourth-order valence-corrected chi connectivity index (χ4v) is 3.54. The topological polar surface area (TPSA) is 45.1 Å². The van der Waals surface area contributed by atoms with Crippen LogP contribution in [0.25, 0.3) is 0 Å². The van der Waals surface area contributed by atoms with Crippen LogP contribution in [0, 0.1) is 0 Å². The maximum Gasteiger partial charge on any atom is 0.0743 e. The molecule has 0 amide bonds. The summed E-state index contributed by atoms with van der Waals surface area (Å²) in [6.45, 7) is 0.0731. The SMILES string of the molecule is OCC(NC1CCCC1)c1ncc(Br)cc1Br. The van der Waals surface area contributed by atoms with Crippen molar-refractivity contribution in [3.63, 3.8) is 0 Å². The summed E-state index contributed by atoms with van der Waals surface area (Å²) in [5.41, 5.74) is 0.877. The van der Waals surface area contributed by atoms with Crippen molar-refractivity contribution in [2.75, 3.05) is 6.61 Å². The van der Waals surface area contributed by atoms with Gasteiger partial charge in [0, 0.05) is 21.2 Å². The number of nitrogens with zero attached hydrogens (tertiary/aromatic N) is 1. The van der Waals surface area contributed by atoms with Crippen LogP contribution < -0.4 is 5.32 Å². The second-order valence-electron chi connectivity index (χ2n) is 4.40. The second kappa shape index (κ2) is 6.27. The zero-order chi connectivity index (χ0) is 12.3. The third kappa shape index (κ3) is 3.50. The lowest BCUT2D eigenvalue weighted by Crippen LogP contribution is -2.33. The third-order valence-corrected chi connectivity index (χ3v) is 4.21. The molecule has 1 aliphatic carbocycles. The van der Waals surface area contributed by atoms with Crippen molar-refractivity contribution in [3.8, 4) is 0 Å². The molecule has 0 aromatic carbocycles. The Labute approximate surface area is 118 Å². The molecule has 0 radical (unpaired) electrons. The highest BCUT2D eigenvalue weighted by molar-refractivity contribution is 9.11. The number of halogens is 2. The second-order valence-corrected chi connectivity index (χ2v) is 6.17. The molecule has 5 heteroatoms. The highest BCUT2D eigenvalue weighted by atomic mass is 79.9. The van der Waals surface area contributed by atoms with Gasteiger partial charge in [-0.15, -0.1) is 0 Å². The Kier molecular flexibility index (Phi) is 4.97. The van der Waals surface area contributed by atoms with E-state index in [1.165, 1.54) is 25.7 Å². The Morgan fingerprint density at radius 3 is 2.71 bits per heavy atom. The minimum atomic E-state index is -0.0828. The van der Waals surface area contributed by atoms with E-state index in [-0.39, 0.29) is 12.6 Å². The molecule has 1 aromatic rings. The molecule has 1 aliphatic rings. The first-order valence-corrected chi connectivity index (χ1v) is 7.47. The molecule has 1 unspecified atom stereocenters. The molecule has 1 heterocycles. The smallest absolute Gasteiger partial charge is 0.0743 e. The van der Waals surface area contributed by atoms with Crippen LogP contribution in [0.1, 0.15) is 37.4 Å². The quantitative estimate of drug-likeness (QED) is 0.863. The van der Waals surface area contributed by atoms with E-state index in [1.54, 1.807) is 6.20 Å². The monoisotopic (exact) mass is 362 g/mol. The molecule has 1 atom stereocenters. The number of nitrogens with one attached hydrogen (secondary N) is 1. The van der Waals surface area contributed by atoms with E-state index >= 15 is 0 Å². The van der Waals surface area contributed by atoms with Crippen molar-refractivity contribution in [2.24, 2.45) is 0 Å². The van der Waals surface area contributed by atoms with E-state index in [0.29, 0.717) is 6.04 Å². The Hall–Kier alpha value is 0.0300. The van der Waals surface area contributed by atoms with Gasteiger partial charge in [-0.3, -0.25) is 4.98 Å². The van der Waals surface area contributed by atoms with Gasteiger partial charge in [0.1, 0.15) is 0 Å². The van der Waals surface area contributed by atoms with Gasteiger partial charge in [0.25, 0.3) is 0 Å². The van der Waals surface area contributed by atoms with Gasteiger partial charge < -0.3 is 10.4 Å². The van der Waals surface area contributed by atoms with Crippen LogP contribution >= 0.6 is 31.9 Å². The lowest BCUT2D eigenvalue weighted by molar-refractivity contribution is 0.230. The molecule has 1 aromatic heterocycles. The molecular formula is C12H16Br2N2O. The van der Waals surface area contributed by atoms with Gasteiger partial charge in [-0.05, 0) is 50.8 Å². The lowest BCUT2D eigenvalue weighted by Gasteiger charge is -2.21. The molecule has 17 heavy (non-hydrogen) atoms. The van der Waals surface area contributed by atoms with Crippen LogP contribution in [0.3, 0.4) is 0 Å². The maximum atomic E-state index is 9.50. The van der Waals surface area contributed by atoms with Crippen molar-refractivity contribution in [2.45, 2.75) is 37.8 Å². The standard InChI is InChI=1S/C12H16Br2N2O/c13-8-5-10(14)12(15-6-8)11(7-17)16-9-3-1-2-4-9/h5-6,9,11,16-17H,1-4,7H2. The molecule has 3 nitrogen and oxygen atoms in total. The lowest BCUT2D eigenvalue weighted by atomic mass is 10.1. The Morgan fingerprint density at radius 2 is 2.12 bits per heavy atom. The molecule has 0 spiro atoms. The van der Waals surface area contributed by atoms with Gasteiger partial charge in [0.2, 0.25) is 0 Å². The number of hydrogen-bond acceptors (Lipinski definition) is 3. The molecular weight excluding hydrogens is 348 g/mol. The van der Waals surface area contributed by atoms with E-state index in [1.807, 2.05) is 6.07 Å². The first-order valence-electron chi connectivity index (χ1n) is 5.88. The van der Waals surface area contributed by atoms with E-state index < -0.39 is 0 Å². The minimum Gasteiger partial charge on any atom is -0.394 e. The zero-order valence-corrected chi connectivity index (χ0v) is 12.7. The van der Waals surface area contributed by atoms with E-state index in [2.05, 4.69) is 42.2 Å². The summed E-state index contributed by atoms with van der Waals surface area (Å²) < 4.78 is 1.86. The van der Waals surface area contributed by atoms with Crippen molar-refractivity contribution in [1.82, 2.24) is 10.3 Å². The molecule has 2 rings (SSSR count). The number of aliphatic hydroxyl groups is 1. The van der Waals surface area contributed by atoms with E-state index in [9.17, 15) is 5.11 Å². The van der Waals surface area contributed by atoms with Crippen LogP contribution in [-0.2, 0) is 0 Å². The third-order valence-electron chi connectivity index (χ3n) is 3.14. The summed E-state index contributed by atoms with van der Waals surface area (Å²) in [5.74, 6) is 0. The molecule has 0 saturated heterocycles. The van der Waals surface area contributed by atoms with E-state index in [4.69, 9.17) is 0 Å². The summed E-state index contributed by atoms with van der Waals surface area (Å²) in [5, 5.41) is 13.0. The Bertz CT molecular complexity index is 381. The van der Waals surface area contributed by atoms with Gasteiger partial charge >= 0.3 is 0 Å². The molecule has 0 aliphatic heterocycles. The van der Waals surface area contributed by atoms with Crippen molar-refractivity contribution < 1.29 is 5.11 Å². The maximum absolute atomic E-state index is 9.50. The number of rotatable bonds is 4. The molecule has 0 bridgehead atoms. The van der Waals surface area contributed by atoms with Gasteiger partial charge in [0.15, 0.2) is 0 Å². The van der Waals surface area contributed by atoms with Crippen molar-refractivity contribution in [3.05, 3.63) is 26.9 Å². The zero-order valence-electron chi connectivity index (χ0n) is 9.50. The van der Waals surface area contributed by atoms with Crippen LogP contribution in [0.5, 0.6) is 0 Å². The number of hydrogen-bond donors (Lipinski definition) is 2. The van der Waals surface area contributed by atoms with Gasteiger partial charge in [0.05, 0.1) is 18.3 Å². The average molecular weight is 364 g/mol. The highest BCUT2D eigenvalue weighted by Crippen LogP contribution is 2.27. The first kappa shape index (κ1) is 13.5. The Balaban J connectivity index is 2.10. The average Bonchev–Trinajstić information content (AvgIpc) is 2.79.